The normalized spacial score (nSPS) is 20.9. The summed E-state index contributed by atoms with van der Waals surface area (Å²) in [7, 11) is 0. The number of rotatable bonds is 7. The lowest BCUT2D eigenvalue weighted by molar-refractivity contribution is -0.143. The topological polar surface area (TPSA) is 138 Å². The van der Waals surface area contributed by atoms with Gasteiger partial charge in [-0.25, -0.2) is 4.79 Å². The molecule has 0 spiro atoms. The van der Waals surface area contributed by atoms with Crippen molar-refractivity contribution in [1.82, 2.24) is 10.6 Å². The maximum atomic E-state index is 12.3. The second-order valence-electron chi connectivity index (χ2n) is 6.45. The maximum absolute atomic E-state index is 12.3. The van der Waals surface area contributed by atoms with E-state index in [0.717, 1.165) is 0 Å². The van der Waals surface area contributed by atoms with Gasteiger partial charge in [0.25, 0.3) is 0 Å². The number of nitrogens with two attached hydrogens (primary N) is 1. The Morgan fingerprint density at radius 1 is 1.44 bits per heavy atom. The zero-order valence-electron chi connectivity index (χ0n) is 14.3. The number of carbonyl (C=O) groups excluding carboxylic acids is 1. The number of carboxylic acids is 1. The van der Waals surface area contributed by atoms with Crippen LogP contribution in [0.1, 0.15) is 25.8 Å². The molecule has 0 radical (unpaired) electrons. The zero-order chi connectivity index (χ0) is 18.6. The Labute approximate surface area is 146 Å². The third kappa shape index (κ3) is 4.93. The molecule has 1 saturated heterocycles. The van der Waals surface area contributed by atoms with Crippen molar-refractivity contribution in [2.75, 3.05) is 6.54 Å². The number of aliphatic carboxylic acids is 1. The third-order valence-corrected chi connectivity index (χ3v) is 4.09. The number of carboxylic acid groups (broad SMARTS) is 1. The number of nitrogen functional groups attached to an aromatic ring is 1. The van der Waals surface area contributed by atoms with Crippen LogP contribution >= 0.6 is 0 Å². The largest absolute Gasteiger partial charge is 0.489 e. The van der Waals surface area contributed by atoms with E-state index >= 15 is 0 Å². The van der Waals surface area contributed by atoms with Gasteiger partial charge in [-0.05, 0) is 18.1 Å². The molecule has 8 nitrogen and oxygen atoms in total. The van der Waals surface area contributed by atoms with Gasteiger partial charge in [-0.3, -0.25) is 10.2 Å². The van der Waals surface area contributed by atoms with Crippen molar-refractivity contribution in [1.29, 1.82) is 5.41 Å². The average Bonchev–Trinajstić information content (AvgIpc) is 3.00. The van der Waals surface area contributed by atoms with Gasteiger partial charge in [0.2, 0.25) is 5.91 Å². The van der Waals surface area contributed by atoms with Crippen molar-refractivity contribution >= 4 is 17.7 Å². The van der Waals surface area contributed by atoms with Gasteiger partial charge in [0, 0.05) is 18.5 Å². The quantitative estimate of drug-likeness (QED) is 0.355. The summed E-state index contributed by atoms with van der Waals surface area (Å²) < 4.78 is 5.84. The molecule has 2 rings (SSSR count). The van der Waals surface area contributed by atoms with Crippen LogP contribution in [-0.4, -0.2) is 47.6 Å². The lowest BCUT2D eigenvalue weighted by Crippen LogP contribution is -2.50. The number of benzene rings is 1. The highest BCUT2D eigenvalue weighted by Crippen LogP contribution is 2.19. The Hall–Kier alpha value is -2.61. The summed E-state index contributed by atoms with van der Waals surface area (Å²) in [5, 5.41) is 22.2. The highest BCUT2D eigenvalue weighted by atomic mass is 16.5. The monoisotopic (exact) mass is 348 g/mol. The van der Waals surface area contributed by atoms with Crippen LogP contribution in [0.25, 0.3) is 0 Å². The number of hydrogen-bond acceptors (Lipinski definition) is 5. The van der Waals surface area contributed by atoms with E-state index < -0.39 is 18.1 Å². The van der Waals surface area contributed by atoms with Gasteiger partial charge in [0.05, 0.1) is 6.04 Å². The third-order valence-electron chi connectivity index (χ3n) is 4.09. The summed E-state index contributed by atoms with van der Waals surface area (Å²) in [6.45, 7) is 3.96. The Bertz CT molecular complexity index is 662. The second kappa shape index (κ2) is 7.98. The fourth-order valence-corrected chi connectivity index (χ4v) is 2.69. The lowest BCUT2D eigenvalue weighted by Gasteiger charge is -2.20. The summed E-state index contributed by atoms with van der Waals surface area (Å²) in [6.07, 6.45) is 0.209. The van der Waals surface area contributed by atoms with Crippen LogP contribution in [0.15, 0.2) is 24.3 Å². The molecule has 1 amide bonds. The summed E-state index contributed by atoms with van der Waals surface area (Å²) in [4.78, 5) is 23.5. The molecule has 3 unspecified atom stereocenters. The van der Waals surface area contributed by atoms with E-state index in [1.54, 1.807) is 38.1 Å². The van der Waals surface area contributed by atoms with Crippen molar-refractivity contribution in [3.8, 4) is 5.75 Å². The summed E-state index contributed by atoms with van der Waals surface area (Å²) in [5.74, 6) is -1.06. The van der Waals surface area contributed by atoms with Gasteiger partial charge >= 0.3 is 5.97 Å². The first-order chi connectivity index (χ1) is 11.8. The van der Waals surface area contributed by atoms with Gasteiger partial charge in [0.15, 0.2) is 0 Å². The first-order valence-electron chi connectivity index (χ1n) is 8.15. The molecule has 3 atom stereocenters. The Morgan fingerprint density at radius 3 is 2.76 bits per heavy atom. The number of ether oxygens (including phenoxy) is 1. The number of carbonyl (C=O) groups is 2. The molecule has 0 aliphatic carbocycles. The van der Waals surface area contributed by atoms with Crippen LogP contribution in [-0.2, 0) is 9.59 Å². The lowest BCUT2D eigenvalue weighted by atomic mass is 10.0. The maximum Gasteiger partial charge on any atom is 0.326 e. The Balaban J connectivity index is 1.92. The predicted octanol–water partition coefficient (Wildman–Crippen LogP) is 0.305. The number of hydrogen-bond donors (Lipinski definition) is 5. The van der Waals surface area contributed by atoms with E-state index in [-0.39, 0.29) is 23.8 Å². The van der Waals surface area contributed by atoms with Crippen molar-refractivity contribution in [3.63, 3.8) is 0 Å². The van der Waals surface area contributed by atoms with Crippen LogP contribution in [0.4, 0.5) is 0 Å². The minimum Gasteiger partial charge on any atom is -0.489 e. The van der Waals surface area contributed by atoms with Crippen LogP contribution < -0.4 is 21.1 Å². The molecule has 1 heterocycles. The first kappa shape index (κ1) is 18.7. The van der Waals surface area contributed by atoms with Crippen molar-refractivity contribution < 1.29 is 19.4 Å². The molecule has 1 aromatic carbocycles. The van der Waals surface area contributed by atoms with Gasteiger partial charge < -0.3 is 26.2 Å². The van der Waals surface area contributed by atoms with E-state index in [0.29, 0.717) is 24.3 Å². The highest BCUT2D eigenvalue weighted by molar-refractivity contribution is 5.95. The number of amidine groups is 1. The minimum absolute atomic E-state index is 0.0411. The van der Waals surface area contributed by atoms with Gasteiger partial charge in [-0.1, -0.05) is 26.0 Å². The molecular weight excluding hydrogens is 324 g/mol. The van der Waals surface area contributed by atoms with Gasteiger partial charge in [-0.2, -0.15) is 0 Å². The SMILES string of the molecule is CC(C)C(NC(=O)C1CC(Oc2cccc(C(=N)N)c2)CN1)C(=O)O. The van der Waals surface area contributed by atoms with Crippen LogP contribution in [0.5, 0.6) is 5.75 Å². The minimum atomic E-state index is -1.05. The molecule has 1 aliphatic rings. The van der Waals surface area contributed by atoms with E-state index in [1.807, 2.05) is 0 Å². The van der Waals surface area contributed by atoms with Crippen molar-refractivity contribution in [2.45, 2.75) is 38.5 Å². The molecule has 25 heavy (non-hydrogen) atoms. The summed E-state index contributed by atoms with van der Waals surface area (Å²) in [6, 6.07) is 5.49. The van der Waals surface area contributed by atoms with Crippen molar-refractivity contribution in [3.05, 3.63) is 29.8 Å². The number of amides is 1. The van der Waals surface area contributed by atoms with E-state index in [1.165, 1.54) is 0 Å². The van der Waals surface area contributed by atoms with E-state index in [4.69, 9.17) is 21.0 Å². The summed E-state index contributed by atoms with van der Waals surface area (Å²) in [5.41, 5.74) is 6.03. The molecule has 0 bridgehead atoms. The Kier molecular flexibility index (Phi) is 5.97. The Morgan fingerprint density at radius 2 is 2.16 bits per heavy atom. The molecule has 1 aromatic rings. The molecule has 6 N–H and O–H groups in total. The van der Waals surface area contributed by atoms with Gasteiger partial charge in [0.1, 0.15) is 23.7 Å². The molecule has 8 heteroatoms. The van der Waals surface area contributed by atoms with E-state index in [9.17, 15) is 9.59 Å². The van der Waals surface area contributed by atoms with Crippen LogP contribution in [0.3, 0.4) is 0 Å². The highest BCUT2D eigenvalue weighted by Gasteiger charge is 2.33. The molecule has 136 valence electrons. The zero-order valence-corrected chi connectivity index (χ0v) is 14.3. The standard InChI is InChI=1S/C17H24N4O4/c1-9(2)14(17(23)24)21-16(22)13-7-12(8-20-13)25-11-5-3-4-10(6-11)15(18)19/h3-6,9,12-14,20H,7-8H2,1-2H3,(H3,18,19)(H,21,22)(H,23,24). The molecule has 0 saturated carbocycles. The fraction of sp³-hybridized carbons (Fsp3) is 0.471. The number of nitrogens with one attached hydrogen (secondary N) is 3. The van der Waals surface area contributed by atoms with E-state index in [2.05, 4.69) is 10.6 Å². The first-order valence-corrected chi connectivity index (χ1v) is 8.15. The summed E-state index contributed by atoms with van der Waals surface area (Å²) >= 11 is 0. The fourth-order valence-electron chi connectivity index (χ4n) is 2.69. The average molecular weight is 348 g/mol. The second-order valence-corrected chi connectivity index (χ2v) is 6.45. The van der Waals surface area contributed by atoms with Crippen LogP contribution in [0.2, 0.25) is 0 Å². The molecule has 1 aliphatic heterocycles. The molecular formula is C17H24N4O4. The van der Waals surface area contributed by atoms with Gasteiger partial charge in [-0.15, -0.1) is 0 Å². The van der Waals surface area contributed by atoms with Crippen LogP contribution in [0, 0.1) is 11.3 Å². The van der Waals surface area contributed by atoms with Crippen molar-refractivity contribution in [2.24, 2.45) is 11.7 Å². The molecule has 0 aromatic heterocycles. The smallest absolute Gasteiger partial charge is 0.326 e. The molecule has 1 fully saturated rings. The predicted molar refractivity (Wildman–Crippen MR) is 92.7 cm³/mol.